The molecule has 0 saturated heterocycles. The molecular formula is C15H15N5O2. The zero-order valence-corrected chi connectivity index (χ0v) is 11.8. The number of nitrogens with zero attached hydrogens (tertiary/aromatic N) is 4. The summed E-state index contributed by atoms with van der Waals surface area (Å²) in [5.41, 5.74) is 0.811. The number of nitrogens with one attached hydrogen (secondary N) is 1. The summed E-state index contributed by atoms with van der Waals surface area (Å²) in [6, 6.07) is 9.37. The van der Waals surface area contributed by atoms with Gasteiger partial charge in [0.2, 0.25) is 5.82 Å². The maximum atomic E-state index is 11.9. The lowest BCUT2D eigenvalue weighted by Crippen LogP contribution is -2.25. The molecule has 1 aromatic carbocycles. The molecule has 1 N–H and O–H groups in total. The molecule has 1 amide bonds. The van der Waals surface area contributed by atoms with Crippen LogP contribution < -0.4 is 5.32 Å². The third kappa shape index (κ3) is 3.38. The monoisotopic (exact) mass is 297 g/mol. The highest BCUT2D eigenvalue weighted by Crippen LogP contribution is 2.14. The van der Waals surface area contributed by atoms with Crippen molar-refractivity contribution in [3.63, 3.8) is 0 Å². The Balaban J connectivity index is 1.51. The minimum absolute atomic E-state index is 0.0264. The highest BCUT2D eigenvalue weighted by molar-refractivity contribution is 5.89. The first-order valence-electron chi connectivity index (χ1n) is 6.96. The molecule has 3 rings (SSSR count). The van der Waals surface area contributed by atoms with Crippen LogP contribution >= 0.6 is 0 Å². The number of amides is 1. The Morgan fingerprint density at radius 2 is 2.14 bits per heavy atom. The fourth-order valence-corrected chi connectivity index (χ4v) is 1.98. The Morgan fingerprint density at radius 3 is 2.91 bits per heavy atom. The normalized spacial score (nSPS) is 10.5. The summed E-state index contributed by atoms with van der Waals surface area (Å²) < 4.78 is 6.95. The number of carbonyl (C=O) groups is 1. The van der Waals surface area contributed by atoms with Crippen molar-refractivity contribution < 1.29 is 9.32 Å². The molecule has 0 atom stereocenters. The van der Waals surface area contributed by atoms with E-state index < -0.39 is 0 Å². The van der Waals surface area contributed by atoms with Crippen molar-refractivity contribution in [2.45, 2.75) is 13.0 Å². The molecule has 0 radical (unpaired) electrons. The fraction of sp³-hybridized carbons (Fsp3) is 0.200. The van der Waals surface area contributed by atoms with Gasteiger partial charge in [-0.05, 0) is 6.42 Å². The van der Waals surface area contributed by atoms with E-state index in [0.29, 0.717) is 12.4 Å². The van der Waals surface area contributed by atoms with Crippen LogP contribution in [0.15, 0.2) is 53.6 Å². The topological polar surface area (TPSA) is 85.8 Å². The predicted molar refractivity (Wildman–Crippen MR) is 78.9 cm³/mol. The Morgan fingerprint density at radius 1 is 1.27 bits per heavy atom. The van der Waals surface area contributed by atoms with Gasteiger partial charge in [-0.15, -0.1) is 0 Å². The van der Waals surface area contributed by atoms with E-state index >= 15 is 0 Å². The highest BCUT2D eigenvalue weighted by atomic mass is 16.5. The lowest BCUT2D eigenvalue weighted by Gasteiger charge is -2.02. The first kappa shape index (κ1) is 14.0. The van der Waals surface area contributed by atoms with Gasteiger partial charge in [-0.2, -0.15) is 4.98 Å². The third-order valence-electron chi connectivity index (χ3n) is 3.09. The molecule has 0 bridgehead atoms. The SMILES string of the molecule is O=C(NCCCn1ccnc1)c1nc(-c2ccccc2)no1. The van der Waals surface area contributed by atoms with Crippen molar-refractivity contribution in [1.29, 1.82) is 0 Å². The summed E-state index contributed by atoms with van der Waals surface area (Å²) in [5.74, 6) is 0.0194. The Labute approximate surface area is 127 Å². The molecule has 0 fully saturated rings. The molecule has 22 heavy (non-hydrogen) atoms. The molecule has 0 aliphatic heterocycles. The number of benzene rings is 1. The summed E-state index contributed by atoms with van der Waals surface area (Å²) in [6.45, 7) is 1.32. The van der Waals surface area contributed by atoms with E-state index in [9.17, 15) is 4.79 Å². The van der Waals surface area contributed by atoms with Gasteiger partial charge in [0.1, 0.15) is 0 Å². The van der Waals surface area contributed by atoms with Gasteiger partial charge in [0.15, 0.2) is 0 Å². The second kappa shape index (κ2) is 6.66. The van der Waals surface area contributed by atoms with Crippen LogP contribution in [0.2, 0.25) is 0 Å². The van der Waals surface area contributed by atoms with Crippen molar-refractivity contribution in [1.82, 2.24) is 25.0 Å². The molecule has 2 aromatic heterocycles. The number of imidazole rings is 1. The predicted octanol–water partition coefficient (Wildman–Crippen LogP) is 1.75. The van der Waals surface area contributed by atoms with E-state index in [1.807, 2.05) is 41.1 Å². The lowest BCUT2D eigenvalue weighted by atomic mass is 10.2. The number of hydrogen-bond acceptors (Lipinski definition) is 5. The maximum Gasteiger partial charge on any atom is 0.316 e. The Bertz CT molecular complexity index is 721. The van der Waals surface area contributed by atoms with E-state index in [-0.39, 0.29) is 11.8 Å². The van der Waals surface area contributed by atoms with Crippen LogP contribution in [-0.4, -0.2) is 32.1 Å². The van der Waals surface area contributed by atoms with Crippen LogP contribution in [0.5, 0.6) is 0 Å². The van der Waals surface area contributed by atoms with Crippen molar-refractivity contribution in [3.05, 3.63) is 54.9 Å². The zero-order valence-electron chi connectivity index (χ0n) is 11.8. The van der Waals surface area contributed by atoms with Crippen LogP contribution in [0.4, 0.5) is 0 Å². The van der Waals surface area contributed by atoms with E-state index in [4.69, 9.17) is 4.52 Å². The first-order chi connectivity index (χ1) is 10.8. The second-order valence-corrected chi connectivity index (χ2v) is 4.70. The van der Waals surface area contributed by atoms with Crippen LogP contribution in [0.3, 0.4) is 0 Å². The summed E-state index contributed by atoms with van der Waals surface area (Å²) in [4.78, 5) is 20.0. The fourth-order valence-electron chi connectivity index (χ4n) is 1.98. The average molecular weight is 297 g/mol. The smallest absolute Gasteiger partial charge is 0.316 e. The minimum Gasteiger partial charge on any atom is -0.348 e. The molecule has 0 saturated carbocycles. The minimum atomic E-state index is -0.361. The van der Waals surface area contributed by atoms with Gasteiger partial charge in [0.05, 0.1) is 6.33 Å². The molecule has 7 nitrogen and oxygen atoms in total. The van der Waals surface area contributed by atoms with Gasteiger partial charge < -0.3 is 14.4 Å². The zero-order chi connectivity index (χ0) is 15.2. The summed E-state index contributed by atoms with van der Waals surface area (Å²) in [7, 11) is 0. The molecule has 7 heteroatoms. The number of aromatic nitrogens is 4. The molecular weight excluding hydrogens is 282 g/mol. The molecule has 112 valence electrons. The van der Waals surface area contributed by atoms with Gasteiger partial charge >= 0.3 is 11.8 Å². The second-order valence-electron chi connectivity index (χ2n) is 4.70. The Hall–Kier alpha value is -2.96. The molecule has 2 heterocycles. The number of rotatable bonds is 6. The third-order valence-corrected chi connectivity index (χ3v) is 3.09. The van der Waals surface area contributed by atoms with Crippen molar-refractivity contribution in [3.8, 4) is 11.4 Å². The highest BCUT2D eigenvalue weighted by Gasteiger charge is 2.15. The van der Waals surface area contributed by atoms with E-state index in [0.717, 1.165) is 18.5 Å². The van der Waals surface area contributed by atoms with Crippen LogP contribution in [0, 0.1) is 0 Å². The van der Waals surface area contributed by atoms with Crippen molar-refractivity contribution >= 4 is 5.91 Å². The summed E-state index contributed by atoms with van der Waals surface area (Å²) in [5, 5.41) is 6.57. The van der Waals surface area contributed by atoms with Gasteiger partial charge in [-0.3, -0.25) is 4.79 Å². The van der Waals surface area contributed by atoms with Gasteiger partial charge in [0, 0.05) is 31.0 Å². The van der Waals surface area contributed by atoms with E-state index in [2.05, 4.69) is 20.4 Å². The van der Waals surface area contributed by atoms with Crippen molar-refractivity contribution in [2.24, 2.45) is 0 Å². The molecule has 0 aliphatic carbocycles. The quantitative estimate of drug-likeness (QED) is 0.701. The van der Waals surface area contributed by atoms with Crippen LogP contribution in [0.1, 0.15) is 17.1 Å². The maximum absolute atomic E-state index is 11.9. The number of hydrogen-bond donors (Lipinski definition) is 1. The van der Waals surface area contributed by atoms with Gasteiger partial charge in [-0.25, -0.2) is 4.98 Å². The molecule has 0 spiro atoms. The first-order valence-corrected chi connectivity index (χ1v) is 6.96. The molecule has 0 unspecified atom stereocenters. The summed E-state index contributed by atoms with van der Waals surface area (Å²) in [6.07, 6.45) is 6.14. The van der Waals surface area contributed by atoms with Gasteiger partial charge in [-0.1, -0.05) is 35.5 Å². The number of aryl methyl sites for hydroxylation is 1. The average Bonchev–Trinajstić information content (AvgIpc) is 3.24. The van der Waals surface area contributed by atoms with Gasteiger partial charge in [0.25, 0.3) is 0 Å². The lowest BCUT2D eigenvalue weighted by molar-refractivity contribution is 0.0909. The largest absolute Gasteiger partial charge is 0.348 e. The molecule has 0 aliphatic rings. The number of carbonyl (C=O) groups excluding carboxylic acids is 1. The van der Waals surface area contributed by atoms with Crippen LogP contribution in [-0.2, 0) is 6.54 Å². The van der Waals surface area contributed by atoms with E-state index in [1.54, 1.807) is 12.5 Å². The Kier molecular flexibility index (Phi) is 4.24. The van der Waals surface area contributed by atoms with E-state index in [1.165, 1.54) is 0 Å². The van der Waals surface area contributed by atoms with Crippen LogP contribution in [0.25, 0.3) is 11.4 Å². The van der Waals surface area contributed by atoms with Crippen molar-refractivity contribution in [2.75, 3.05) is 6.54 Å². The standard InChI is InChI=1S/C15H15N5O2/c21-14(17-7-4-9-20-10-8-16-11-20)15-18-13(19-22-15)12-5-2-1-3-6-12/h1-3,5-6,8,10-11H,4,7,9H2,(H,17,21). The molecule has 3 aromatic rings. The summed E-state index contributed by atoms with van der Waals surface area (Å²) >= 11 is 0.